The van der Waals surface area contributed by atoms with Crippen molar-refractivity contribution in [2.75, 3.05) is 0 Å². The van der Waals surface area contributed by atoms with E-state index in [-0.39, 0.29) is 11.6 Å². The molecule has 0 N–H and O–H groups in total. The summed E-state index contributed by atoms with van der Waals surface area (Å²) in [5.74, 6) is -0.685. The maximum absolute atomic E-state index is 10.8. The highest BCUT2D eigenvalue weighted by molar-refractivity contribution is 5.85. The molecule has 1 heterocycles. The van der Waals surface area contributed by atoms with Gasteiger partial charge >= 0.3 is 0 Å². The number of ketones is 1. The number of aromatic nitrogens is 2. The van der Waals surface area contributed by atoms with E-state index in [1.807, 2.05) is 0 Å². The van der Waals surface area contributed by atoms with Crippen molar-refractivity contribution >= 4 is 5.78 Å². The Morgan fingerprint density at radius 2 is 2.42 bits per heavy atom. The molecule has 0 fully saturated rings. The van der Waals surface area contributed by atoms with Gasteiger partial charge in [-0.15, -0.1) is 0 Å². The van der Waals surface area contributed by atoms with Gasteiger partial charge in [-0.25, -0.2) is 0 Å². The number of carbonyl (C=O) groups excluding carboxylic acids is 1. The molecule has 0 amide bonds. The SMILES string of the molecule is CC(=O)C(C#N)c1noc(C)n1. The summed E-state index contributed by atoms with van der Waals surface area (Å²) in [6.45, 7) is 2.92. The highest BCUT2D eigenvalue weighted by Gasteiger charge is 2.21. The lowest BCUT2D eigenvalue weighted by Crippen LogP contribution is -2.07. The van der Waals surface area contributed by atoms with Gasteiger partial charge < -0.3 is 4.52 Å². The Morgan fingerprint density at radius 1 is 1.75 bits per heavy atom. The zero-order chi connectivity index (χ0) is 9.14. The smallest absolute Gasteiger partial charge is 0.223 e. The zero-order valence-corrected chi connectivity index (χ0v) is 6.74. The molecule has 1 aromatic rings. The summed E-state index contributed by atoms with van der Waals surface area (Å²) in [4.78, 5) is 14.6. The van der Waals surface area contributed by atoms with Gasteiger partial charge in [0.25, 0.3) is 0 Å². The van der Waals surface area contributed by atoms with Gasteiger partial charge in [0.1, 0.15) is 0 Å². The molecule has 0 radical (unpaired) electrons. The minimum absolute atomic E-state index is 0.141. The molecule has 12 heavy (non-hydrogen) atoms. The molecule has 0 bridgehead atoms. The predicted octanol–water partition coefficient (Wildman–Crippen LogP) is 0.574. The Hall–Kier alpha value is -1.70. The molecule has 1 rings (SSSR count). The first-order valence-corrected chi connectivity index (χ1v) is 3.35. The van der Waals surface area contributed by atoms with E-state index in [0.717, 1.165) is 0 Å². The Kier molecular flexibility index (Phi) is 2.19. The lowest BCUT2D eigenvalue weighted by molar-refractivity contribution is -0.117. The minimum Gasteiger partial charge on any atom is -0.340 e. The van der Waals surface area contributed by atoms with Crippen LogP contribution in [0.3, 0.4) is 0 Å². The van der Waals surface area contributed by atoms with Crippen molar-refractivity contribution in [2.45, 2.75) is 19.8 Å². The molecule has 62 valence electrons. The molecule has 5 heteroatoms. The van der Waals surface area contributed by atoms with E-state index < -0.39 is 5.92 Å². The third-order valence-electron chi connectivity index (χ3n) is 1.34. The Morgan fingerprint density at radius 3 is 2.75 bits per heavy atom. The molecular formula is C7H7N3O2. The minimum atomic E-state index is -0.901. The number of nitriles is 1. The van der Waals surface area contributed by atoms with Gasteiger partial charge in [-0.3, -0.25) is 4.79 Å². The van der Waals surface area contributed by atoms with Crippen molar-refractivity contribution < 1.29 is 9.32 Å². The van der Waals surface area contributed by atoms with Crippen LogP contribution in [0.4, 0.5) is 0 Å². The average Bonchev–Trinajstić information content (AvgIpc) is 2.37. The van der Waals surface area contributed by atoms with Crippen LogP contribution in [0.1, 0.15) is 24.6 Å². The first-order valence-electron chi connectivity index (χ1n) is 3.35. The second kappa shape index (κ2) is 3.13. The summed E-state index contributed by atoms with van der Waals surface area (Å²) in [5, 5.41) is 12.0. The second-order valence-corrected chi connectivity index (χ2v) is 2.34. The van der Waals surface area contributed by atoms with Crippen LogP contribution in [0.5, 0.6) is 0 Å². The van der Waals surface area contributed by atoms with Crippen molar-refractivity contribution in [3.63, 3.8) is 0 Å². The summed E-state index contributed by atoms with van der Waals surface area (Å²) in [6.07, 6.45) is 0. The van der Waals surface area contributed by atoms with Crippen molar-refractivity contribution in [1.82, 2.24) is 10.1 Å². The maximum atomic E-state index is 10.8. The van der Waals surface area contributed by atoms with Crippen molar-refractivity contribution in [3.8, 4) is 6.07 Å². The molecule has 0 saturated carbocycles. The number of nitrogens with zero attached hydrogens (tertiary/aromatic N) is 3. The summed E-state index contributed by atoms with van der Waals surface area (Å²) in [6, 6.07) is 1.80. The van der Waals surface area contributed by atoms with Gasteiger partial charge in [0.2, 0.25) is 5.89 Å². The van der Waals surface area contributed by atoms with Crippen LogP contribution in [0.15, 0.2) is 4.52 Å². The molecule has 0 aliphatic rings. The monoisotopic (exact) mass is 165 g/mol. The molecular weight excluding hydrogens is 158 g/mol. The molecule has 1 aromatic heterocycles. The molecule has 5 nitrogen and oxygen atoms in total. The molecule has 0 saturated heterocycles. The van der Waals surface area contributed by atoms with Crippen LogP contribution in [-0.4, -0.2) is 15.9 Å². The first-order chi connectivity index (χ1) is 5.65. The summed E-state index contributed by atoms with van der Waals surface area (Å²) < 4.78 is 4.63. The quantitative estimate of drug-likeness (QED) is 0.640. The molecule has 0 aliphatic heterocycles. The van der Waals surface area contributed by atoms with Gasteiger partial charge in [0.05, 0.1) is 6.07 Å². The third-order valence-corrected chi connectivity index (χ3v) is 1.34. The molecule has 0 aromatic carbocycles. The van der Waals surface area contributed by atoms with E-state index in [0.29, 0.717) is 5.89 Å². The van der Waals surface area contributed by atoms with E-state index >= 15 is 0 Å². The molecule has 1 atom stereocenters. The van der Waals surface area contributed by atoms with Crippen LogP contribution in [-0.2, 0) is 4.79 Å². The second-order valence-electron chi connectivity index (χ2n) is 2.34. The van der Waals surface area contributed by atoms with Crippen LogP contribution < -0.4 is 0 Å². The molecule has 0 spiro atoms. The Bertz CT molecular complexity index is 337. The van der Waals surface area contributed by atoms with E-state index in [9.17, 15) is 4.79 Å². The highest BCUT2D eigenvalue weighted by atomic mass is 16.5. The number of Topliss-reactive ketones (excluding diaryl/α,β-unsaturated/α-hetero) is 1. The normalized spacial score (nSPS) is 12.1. The Balaban J connectivity index is 2.97. The summed E-state index contributed by atoms with van der Waals surface area (Å²) in [7, 11) is 0. The number of hydrogen-bond donors (Lipinski definition) is 0. The summed E-state index contributed by atoms with van der Waals surface area (Å²) in [5.41, 5.74) is 0. The number of aryl methyl sites for hydroxylation is 1. The standard InChI is InChI=1S/C7H7N3O2/c1-4(11)6(3-8)7-9-5(2)12-10-7/h6H,1-2H3. The molecule has 0 aliphatic carbocycles. The van der Waals surface area contributed by atoms with Gasteiger partial charge in [0.15, 0.2) is 17.5 Å². The van der Waals surface area contributed by atoms with Gasteiger partial charge in [-0.1, -0.05) is 5.16 Å². The fraction of sp³-hybridized carbons (Fsp3) is 0.429. The van der Waals surface area contributed by atoms with Gasteiger partial charge in [-0.05, 0) is 6.92 Å². The topological polar surface area (TPSA) is 79.8 Å². The largest absolute Gasteiger partial charge is 0.340 e. The fourth-order valence-electron chi connectivity index (χ4n) is 0.763. The van der Waals surface area contributed by atoms with E-state index in [1.54, 1.807) is 13.0 Å². The molecule has 1 unspecified atom stereocenters. The van der Waals surface area contributed by atoms with E-state index in [1.165, 1.54) is 6.92 Å². The van der Waals surface area contributed by atoms with Crippen LogP contribution in [0.2, 0.25) is 0 Å². The number of hydrogen-bond acceptors (Lipinski definition) is 5. The predicted molar refractivity (Wildman–Crippen MR) is 38.1 cm³/mol. The van der Waals surface area contributed by atoms with Crippen LogP contribution in [0, 0.1) is 18.3 Å². The maximum Gasteiger partial charge on any atom is 0.223 e. The zero-order valence-electron chi connectivity index (χ0n) is 6.74. The summed E-state index contributed by atoms with van der Waals surface area (Å²) >= 11 is 0. The number of carbonyl (C=O) groups is 1. The van der Waals surface area contributed by atoms with Crippen LogP contribution in [0.25, 0.3) is 0 Å². The third kappa shape index (κ3) is 1.48. The fourth-order valence-corrected chi connectivity index (χ4v) is 0.763. The van der Waals surface area contributed by atoms with E-state index in [2.05, 4.69) is 14.7 Å². The van der Waals surface area contributed by atoms with Crippen LogP contribution >= 0.6 is 0 Å². The lowest BCUT2D eigenvalue weighted by atomic mass is 10.1. The van der Waals surface area contributed by atoms with Crippen molar-refractivity contribution in [3.05, 3.63) is 11.7 Å². The first kappa shape index (κ1) is 8.40. The lowest BCUT2D eigenvalue weighted by Gasteiger charge is -1.94. The van der Waals surface area contributed by atoms with Gasteiger partial charge in [-0.2, -0.15) is 10.2 Å². The Labute approximate surface area is 69.0 Å². The van der Waals surface area contributed by atoms with Crippen molar-refractivity contribution in [2.24, 2.45) is 0 Å². The average molecular weight is 165 g/mol. The van der Waals surface area contributed by atoms with E-state index in [4.69, 9.17) is 5.26 Å². The highest BCUT2D eigenvalue weighted by Crippen LogP contribution is 2.11. The number of rotatable bonds is 2. The van der Waals surface area contributed by atoms with Gasteiger partial charge in [0, 0.05) is 6.92 Å². The van der Waals surface area contributed by atoms with Crippen molar-refractivity contribution in [1.29, 1.82) is 5.26 Å².